The van der Waals surface area contributed by atoms with E-state index in [0.29, 0.717) is 24.5 Å². The topological polar surface area (TPSA) is 63.4 Å². The lowest BCUT2D eigenvalue weighted by molar-refractivity contribution is 0.0629. The maximum atomic E-state index is 13.4. The van der Waals surface area contributed by atoms with E-state index in [2.05, 4.69) is 23.4 Å². The van der Waals surface area contributed by atoms with E-state index in [1.54, 1.807) is 17.9 Å². The summed E-state index contributed by atoms with van der Waals surface area (Å²) >= 11 is 0. The van der Waals surface area contributed by atoms with Crippen LogP contribution in [0.3, 0.4) is 0 Å². The molecule has 1 aromatic heterocycles. The number of hydrogen-bond donors (Lipinski definition) is 0. The molecule has 142 valence electrons. The highest BCUT2D eigenvalue weighted by Crippen LogP contribution is 2.34. The number of hydrogen-bond acceptors (Lipinski definition) is 4. The first-order valence-corrected chi connectivity index (χ1v) is 9.92. The quantitative estimate of drug-likeness (QED) is 0.651. The second-order valence-corrected chi connectivity index (χ2v) is 7.89. The maximum Gasteiger partial charge on any atom is 0.276 e. The number of rotatable bonds is 3. The second kappa shape index (κ2) is 6.59. The summed E-state index contributed by atoms with van der Waals surface area (Å²) in [5.74, 6) is 0.421. The van der Waals surface area contributed by atoms with Gasteiger partial charge < -0.3 is 9.42 Å². The fourth-order valence-corrected chi connectivity index (χ4v) is 4.69. The van der Waals surface area contributed by atoms with Crippen molar-refractivity contribution in [1.82, 2.24) is 10.1 Å². The SMILES string of the molecule is Cc1cc(C(=O)N2CCCC(C(=O)c3ccc4c5c(cccc35)CC4)C2)no1. The third-order valence-electron chi connectivity index (χ3n) is 6.07. The zero-order valence-corrected chi connectivity index (χ0v) is 15.9. The van der Waals surface area contributed by atoms with Gasteiger partial charge in [-0.15, -0.1) is 0 Å². The van der Waals surface area contributed by atoms with Crippen LogP contribution in [0.25, 0.3) is 10.8 Å². The standard InChI is InChI=1S/C23H22N2O3/c1-14-12-20(24-28-14)23(27)25-11-3-5-17(13-25)22(26)19-10-9-16-8-7-15-4-2-6-18(19)21(15)16/h2,4,6,9-10,12,17H,3,5,7-8,11,13H2,1H3. The monoisotopic (exact) mass is 374 g/mol. The van der Waals surface area contributed by atoms with Crippen LogP contribution >= 0.6 is 0 Å². The molecular formula is C23H22N2O3. The first kappa shape index (κ1) is 17.2. The minimum atomic E-state index is -0.177. The minimum Gasteiger partial charge on any atom is -0.361 e. The Morgan fingerprint density at radius 3 is 2.75 bits per heavy atom. The highest BCUT2D eigenvalue weighted by Gasteiger charge is 2.31. The number of Topliss-reactive ketones (excluding diaryl/α,β-unsaturated/α-hetero) is 1. The van der Waals surface area contributed by atoms with E-state index in [1.165, 1.54) is 16.5 Å². The van der Waals surface area contributed by atoms with Crippen molar-refractivity contribution in [3.63, 3.8) is 0 Å². The van der Waals surface area contributed by atoms with Crippen LogP contribution in [0.15, 0.2) is 40.9 Å². The Kier molecular flexibility index (Phi) is 4.04. The Labute approximate surface area is 163 Å². The maximum absolute atomic E-state index is 13.4. The predicted octanol–water partition coefficient (Wildman–Crippen LogP) is 3.97. The number of carbonyl (C=O) groups is 2. The predicted molar refractivity (Wildman–Crippen MR) is 106 cm³/mol. The van der Waals surface area contributed by atoms with Gasteiger partial charge in [0.05, 0.1) is 0 Å². The lowest BCUT2D eigenvalue weighted by atomic mass is 9.87. The largest absolute Gasteiger partial charge is 0.361 e. The molecule has 1 aliphatic heterocycles. The van der Waals surface area contributed by atoms with Crippen LogP contribution in [0.5, 0.6) is 0 Å². The highest BCUT2D eigenvalue weighted by atomic mass is 16.5. The normalized spacial score (nSPS) is 18.6. The fraction of sp³-hybridized carbons (Fsp3) is 0.348. The van der Waals surface area contributed by atoms with Gasteiger partial charge in [-0.2, -0.15) is 0 Å². The average Bonchev–Trinajstić information content (AvgIpc) is 3.35. The molecule has 5 heteroatoms. The van der Waals surface area contributed by atoms with Crippen molar-refractivity contribution in [2.45, 2.75) is 32.6 Å². The Morgan fingerprint density at radius 2 is 1.96 bits per heavy atom. The van der Waals surface area contributed by atoms with E-state index in [0.717, 1.165) is 36.6 Å². The van der Waals surface area contributed by atoms with Gasteiger partial charge in [-0.05, 0) is 54.5 Å². The van der Waals surface area contributed by atoms with E-state index in [9.17, 15) is 9.59 Å². The third-order valence-corrected chi connectivity index (χ3v) is 6.07. The summed E-state index contributed by atoms with van der Waals surface area (Å²) in [6.07, 6.45) is 3.73. The van der Waals surface area contributed by atoms with Gasteiger partial charge in [0.2, 0.25) is 0 Å². The summed E-state index contributed by atoms with van der Waals surface area (Å²) in [5, 5.41) is 6.16. The third kappa shape index (κ3) is 2.73. The van der Waals surface area contributed by atoms with Gasteiger partial charge in [0.1, 0.15) is 5.76 Å². The zero-order chi connectivity index (χ0) is 19.3. The van der Waals surface area contributed by atoms with Crippen LogP contribution in [0.2, 0.25) is 0 Å². The van der Waals surface area contributed by atoms with Gasteiger partial charge in [0.25, 0.3) is 5.91 Å². The Hall–Kier alpha value is -2.95. The summed E-state index contributed by atoms with van der Waals surface area (Å²) < 4.78 is 5.03. The summed E-state index contributed by atoms with van der Waals surface area (Å²) in [7, 11) is 0. The average molecular weight is 374 g/mol. The van der Waals surface area contributed by atoms with E-state index in [1.807, 2.05) is 12.1 Å². The minimum absolute atomic E-state index is 0.143. The van der Waals surface area contributed by atoms with E-state index >= 15 is 0 Å². The van der Waals surface area contributed by atoms with Crippen molar-refractivity contribution in [3.05, 3.63) is 64.5 Å². The summed E-state index contributed by atoms with van der Waals surface area (Å²) in [6, 6.07) is 12.0. The number of piperidine rings is 1. The van der Waals surface area contributed by atoms with Crippen LogP contribution in [-0.2, 0) is 12.8 Å². The molecule has 0 N–H and O–H groups in total. The smallest absolute Gasteiger partial charge is 0.276 e. The van der Waals surface area contributed by atoms with Gasteiger partial charge >= 0.3 is 0 Å². The number of aryl methyl sites for hydroxylation is 3. The molecule has 3 aromatic rings. The molecule has 28 heavy (non-hydrogen) atoms. The molecule has 5 nitrogen and oxygen atoms in total. The Balaban J connectivity index is 1.43. The number of amides is 1. The van der Waals surface area contributed by atoms with Crippen molar-refractivity contribution in [2.24, 2.45) is 5.92 Å². The molecule has 0 radical (unpaired) electrons. The van der Waals surface area contributed by atoms with Crippen LogP contribution in [0.4, 0.5) is 0 Å². The molecular weight excluding hydrogens is 352 g/mol. The number of benzene rings is 2. The molecule has 1 fully saturated rings. The van der Waals surface area contributed by atoms with Crippen molar-refractivity contribution in [3.8, 4) is 0 Å². The number of nitrogens with zero attached hydrogens (tertiary/aromatic N) is 2. The molecule has 0 spiro atoms. The first-order valence-electron chi connectivity index (χ1n) is 9.92. The second-order valence-electron chi connectivity index (χ2n) is 7.89. The molecule has 2 heterocycles. The number of aromatic nitrogens is 1. The molecule has 0 saturated carbocycles. The summed E-state index contributed by atoms with van der Waals surface area (Å²) in [5.41, 5.74) is 3.78. The van der Waals surface area contributed by atoms with Gasteiger partial charge in [-0.25, -0.2) is 0 Å². The van der Waals surface area contributed by atoms with Crippen molar-refractivity contribution >= 4 is 22.5 Å². The summed E-state index contributed by atoms with van der Waals surface area (Å²) in [4.78, 5) is 27.9. The molecule has 1 amide bonds. The lowest BCUT2D eigenvalue weighted by Crippen LogP contribution is -2.42. The molecule has 0 bridgehead atoms. The van der Waals surface area contributed by atoms with Crippen LogP contribution in [0, 0.1) is 12.8 Å². The Bertz CT molecular complexity index is 1090. The zero-order valence-electron chi connectivity index (χ0n) is 15.9. The molecule has 2 aromatic carbocycles. The van der Waals surface area contributed by atoms with E-state index in [4.69, 9.17) is 4.52 Å². The molecule has 1 saturated heterocycles. The lowest BCUT2D eigenvalue weighted by Gasteiger charge is -2.31. The van der Waals surface area contributed by atoms with E-state index in [-0.39, 0.29) is 17.6 Å². The van der Waals surface area contributed by atoms with Gasteiger partial charge in [-0.1, -0.05) is 35.5 Å². The molecule has 1 unspecified atom stereocenters. The molecule has 5 rings (SSSR count). The van der Waals surface area contributed by atoms with Crippen molar-refractivity contribution in [2.75, 3.05) is 13.1 Å². The van der Waals surface area contributed by atoms with Gasteiger partial charge in [0, 0.05) is 30.6 Å². The number of likely N-dealkylation sites (tertiary alicyclic amines) is 1. The van der Waals surface area contributed by atoms with Crippen molar-refractivity contribution < 1.29 is 14.1 Å². The van der Waals surface area contributed by atoms with E-state index < -0.39 is 0 Å². The Morgan fingerprint density at radius 1 is 1.14 bits per heavy atom. The summed E-state index contributed by atoms with van der Waals surface area (Å²) in [6.45, 7) is 2.85. The van der Waals surface area contributed by atoms with Gasteiger partial charge in [0.15, 0.2) is 11.5 Å². The van der Waals surface area contributed by atoms with Crippen LogP contribution < -0.4 is 0 Å². The number of ketones is 1. The fourth-order valence-electron chi connectivity index (χ4n) is 4.69. The number of carbonyl (C=O) groups excluding carboxylic acids is 2. The highest BCUT2D eigenvalue weighted by molar-refractivity contribution is 6.11. The first-order chi connectivity index (χ1) is 13.6. The molecule has 1 atom stereocenters. The van der Waals surface area contributed by atoms with Crippen LogP contribution in [-0.4, -0.2) is 34.8 Å². The van der Waals surface area contributed by atoms with Crippen molar-refractivity contribution in [1.29, 1.82) is 0 Å². The molecule has 2 aliphatic rings. The van der Waals surface area contributed by atoms with Gasteiger partial charge in [-0.3, -0.25) is 9.59 Å². The molecule has 1 aliphatic carbocycles. The van der Waals surface area contributed by atoms with Crippen LogP contribution in [0.1, 0.15) is 50.6 Å².